The van der Waals surface area contributed by atoms with Crippen LogP contribution in [0.25, 0.3) is 0 Å². The molecular weight excluding hydrogens is 432 g/mol. The number of methoxy groups -OCH3 is 1. The van der Waals surface area contributed by atoms with Crippen molar-refractivity contribution < 1.29 is 27.5 Å². The molecular formula is C23H22N2O6S. The van der Waals surface area contributed by atoms with E-state index in [-0.39, 0.29) is 10.5 Å². The molecule has 0 bridgehead atoms. The molecule has 0 saturated heterocycles. The molecule has 0 spiro atoms. The lowest BCUT2D eigenvalue weighted by atomic mass is 10.1. The fourth-order valence-corrected chi connectivity index (χ4v) is 3.58. The Bertz CT molecular complexity index is 1180. The molecule has 0 radical (unpaired) electrons. The highest BCUT2D eigenvalue weighted by atomic mass is 32.2. The molecule has 1 amide bonds. The molecule has 9 heteroatoms. The Morgan fingerprint density at radius 2 is 1.50 bits per heavy atom. The smallest absolute Gasteiger partial charge is 0.339 e. The van der Waals surface area contributed by atoms with E-state index in [1.807, 2.05) is 0 Å². The minimum Gasteiger partial charge on any atom is -0.497 e. The van der Waals surface area contributed by atoms with Crippen LogP contribution in [0.1, 0.15) is 22.0 Å². The quantitative estimate of drug-likeness (QED) is 0.506. The van der Waals surface area contributed by atoms with Gasteiger partial charge in [0.25, 0.3) is 5.91 Å². The van der Waals surface area contributed by atoms with E-state index < -0.39 is 28.0 Å². The van der Waals surface area contributed by atoms with Crippen molar-refractivity contribution in [1.29, 1.82) is 0 Å². The van der Waals surface area contributed by atoms with Crippen LogP contribution in [0, 0.1) is 0 Å². The van der Waals surface area contributed by atoms with Crippen molar-refractivity contribution >= 4 is 27.6 Å². The Hall–Kier alpha value is -3.69. The normalized spacial score (nSPS) is 11.9. The third-order valence-electron chi connectivity index (χ3n) is 4.59. The minimum atomic E-state index is -3.63. The molecule has 3 rings (SSSR count). The lowest BCUT2D eigenvalue weighted by molar-refractivity contribution is -0.125. The largest absolute Gasteiger partial charge is 0.497 e. The molecule has 8 nitrogen and oxygen atoms in total. The first-order valence-electron chi connectivity index (χ1n) is 9.58. The first-order valence-corrected chi connectivity index (χ1v) is 11.1. The topological polar surface area (TPSA) is 111 Å². The van der Waals surface area contributed by atoms with Crippen LogP contribution in [-0.2, 0) is 19.6 Å². The Kier molecular flexibility index (Phi) is 7.24. The van der Waals surface area contributed by atoms with Crippen LogP contribution < -0.4 is 14.8 Å². The second kappa shape index (κ2) is 10.1. The lowest BCUT2D eigenvalue weighted by Crippen LogP contribution is -2.26. The molecule has 3 aromatic carbocycles. The molecule has 32 heavy (non-hydrogen) atoms. The highest BCUT2D eigenvalue weighted by Crippen LogP contribution is 2.23. The SMILES string of the molecule is CNS(=O)(=O)c1ccc(C(=O)OC(C(=O)Nc2ccc(OC)cc2)c2ccccc2)cc1. The van der Waals surface area contributed by atoms with Gasteiger partial charge >= 0.3 is 5.97 Å². The van der Waals surface area contributed by atoms with Crippen molar-refractivity contribution in [2.24, 2.45) is 0 Å². The maximum absolute atomic E-state index is 13.0. The number of carbonyl (C=O) groups excluding carboxylic acids is 2. The van der Waals surface area contributed by atoms with E-state index in [2.05, 4.69) is 10.0 Å². The summed E-state index contributed by atoms with van der Waals surface area (Å²) in [5.74, 6) is -0.668. The third kappa shape index (κ3) is 5.51. The van der Waals surface area contributed by atoms with Gasteiger partial charge in [-0.25, -0.2) is 17.9 Å². The number of sulfonamides is 1. The van der Waals surface area contributed by atoms with Crippen LogP contribution >= 0.6 is 0 Å². The van der Waals surface area contributed by atoms with Gasteiger partial charge in [0.2, 0.25) is 16.1 Å². The predicted molar refractivity (Wildman–Crippen MR) is 119 cm³/mol. The monoisotopic (exact) mass is 454 g/mol. The molecule has 1 atom stereocenters. The fraction of sp³-hybridized carbons (Fsp3) is 0.130. The Labute approximate surface area is 186 Å². The van der Waals surface area contributed by atoms with Gasteiger partial charge in [0.15, 0.2) is 0 Å². The molecule has 0 saturated carbocycles. The maximum atomic E-state index is 13.0. The summed E-state index contributed by atoms with van der Waals surface area (Å²) in [7, 11) is -0.799. The zero-order valence-electron chi connectivity index (χ0n) is 17.4. The average Bonchev–Trinajstić information content (AvgIpc) is 2.83. The van der Waals surface area contributed by atoms with Gasteiger partial charge in [-0.2, -0.15) is 0 Å². The predicted octanol–water partition coefficient (Wildman–Crippen LogP) is 3.14. The molecule has 0 heterocycles. The summed E-state index contributed by atoms with van der Waals surface area (Å²) in [4.78, 5) is 25.7. The minimum absolute atomic E-state index is 0.00779. The van der Waals surface area contributed by atoms with E-state index in [1.54, 1.807) is 61.7 Å². The van der Waals surface area contributed by atoms with Gasteiger partial charge < -0.3 is 14.8 Å². The van der Waals surface area contributed by atoms with Crippen molar-refractivity contribution in [2.45, 2.75) is 11.0 Å². The molecule has 0 fully saturated rings. The molecule has 0 aliphatic heterocycles. The third-order valence-corrected chi connectivity index (χ3v) is 6.02. The number of hydrogen-bond acceptors (Lipinski definition) is 6. The van der Waals surface area contributed by atoms with E-state index in [9.17, 15) is 18.0 Å². The summed E-state index contributed by atoms with van der Waals surface area (Å²) in [6, 6.07) is 20.6. The van der Waals surface area contributed by atoms with Crippen LogP contribution in [0.15, 0.2) is 83.8 Å². The number of esters is 1. The van der Waals surface area contributed by atoms with Gasteiger partial charge in [0.05, 0.1) is 17.6 Å². The van der Waals surface area contributed by atoms with E-state index in [0.717, 1.165) is 0 Å². The number of carbonyl (C=O) groups is 2. The van der Waals surface area contributed by atoms with Gasteiger partial charge in [0, 0.05) is 11.3 Å². The van der Waals surface area contributed by atoms with Crippen molar-refractivity contribution in [1.82, 2.24) is 4.72 Å². The van der Waals surface area contributed by atoms with Crippen molar-refractivity contribution in [3.8, 4) is 5.75 Å². The molecule has 166 valence electrons. The second-order valence-corrected chi connectivity index (χ2v) is 8.53. The van der Waals surface area contributed by atoms with E-state index in [1.165, 1.54) is 31.3 Å². The molecule has 0 aromatic heterocycles. The zero-order chi connectivity index (χ0) is 23.1. The Morgan fingerprint density at radius 1 is 0.875 bits per heavy atom. The van der Waals surface area contributed by atoms with Crippen LogP contribution in [-0.4, -0.2) is 34.5 Å². The van der Waals surface area contributed by atoms with Gasteiger partial charge in [-0.05, 0) is 55.6 Å². The zero-order valence-corrected chi connectivity index (χ0v) is 18.3. The summed E-state index contributed by atoms with van der Waals surface area (Å²) in [5, 5.41) is 2.73. The van der Waals surface area contributed by atoms with Crippen molar-refractivity contribution in [3.05, 3.63) is 90.0 Å². The molecule has 1 unspecified atom stereocenters. The van der Waals surface area contributed by atoms with Gasteiger partial charge in [-0.15, -0.1) is 0 Å². The summed E-state index contributed by atoms with van der Waals surface area (Å²) < 4.78 is 36.5. The van der Waals surface area contributed by atoms with Crippen LogP contribution in [0.2, 0.25) is 0 Å². The number of amides is 1. The number of hydrogen-bond donors (Lipinski definition) is 2. The molecule has 2 N–H and O–H groups in total. The van der Waals surface area contributed by atoms with E-state index in [0.29, 0.717) is 17.0 Å². The summed E-state index contributed by atoms with van der Waals surface area (Å²) in [6.45, 7) is 0. The summed E-state index contributed by atoms with van der Waals surface area (Å²) in [5.41, 5.74) is 1.11. The van der Waals surface area contributed by atoms with Crippen LogP contribution in [0.3, 0.4) is 0 Å². The fourth-order valence-electron chi connectivity index (χ4n) is 2.85. The standard InChI is InChI=1S/C23H22N2O6S/c1-24-32(28,29)20-14-8-17(9-15-20)23(27)31-21(16-6-4-3-5-7-16)22(26)25-18-10-12-19(30-2)13-11-18/h3-15,21,24H,1-2H3,(H,25,26). The molecule has 0 aliphatic carbocycles. The summed E-state index contributed by atoms with van der Waals surface area (Å²) in [6.07, 6.45) is -1.22. The first kappa shape index (κ1) is 23.0. The average molecular weight is 455 g/mol. The van der Waals surface area contributed by atoms with Crippen molar-refractivity contribution in [3.63, 3.8) is 0 Å². The Balaban J connectivity index is 1.81. The van der Waals surface area contributed by atoms with E-state index >= 15 is 0 Å². The van der Waals surface area contributed by atoms with Gasteiger partial charge in [-0.1, -0.05) is 30.3 Å². The number of anilines is 1. The maximum Gasteiger partial charge on any atom is 0.339 e. The van der Waals surface area contributed by atoms with E-state index in [4.69, 9.17) is 9.47 Å². The first-order chi connectivity index (χ1) is 15.3. The highest BCUT2D eigenvalue weighted by Gasteiger charge is 2.26. The number of ether oxygens (including phenoxy) is 2. The van der Waals surface area contributed by atoms with Crippen LogP contribution in [0.4, 0.5) is 5.69 Å². The lowest BCUT2D eigenvalue weighted by Gasteiger charge is -2.18. The van der Waals surface area contributed by atoms with Gasteiger partial charge in [-0.3, -0.25) is 4.79 Å². The van der Waals surface area contributed by atoms with Gasteiger partial charge in [0.1, 0.15) is 5.75 Å². The number of nitrogens with one attached hydrogen (secondary N) is 2. The molecule has 0 aliphatic rings. The highest BCUT2D eigenvalue weighted by molar-refractivity contribution is 7.89. The van der Waals surface area contributed by atoms with Crippen LogP contribution in [0.5, 0.6) is 5.75 Å². The number of rotatable bonds is 8. The second-order valence-electron chi connectivity index (χ2n) is 6.65. The summed E-state index contributed by atoms with van der Waals surface area (Å²) >= 11 is 0. The van der Waals surface area contributed by atoms with Crippen molar-refractivity contribution in [2.75, 3.05) is 19.5 Å². The number of benzene rings is 3. The Morgan fingerprint density at radius 3 is 2.06 bits per heavy atom. The molecule has 3 aromatic rings.